The van der Waals surface area contributed by atoms with Crippen molar-refractivity contribution in [3.63, 3.8) is 0 Å². The summed E-state index contributed by atoms with van der Waals surface area (Å²) in [6.45, 7) is 4.21. The van der Waals surface area contributed by atoms with Crippen LogP contribution in [0.1, 0.15) is 41.8 Å². The molecular weight excluding hydrogens is 332 g/mol. The number of ether oxygens (including phenoxy) is 3. The lowest BCUT2D eigenvalue weighted by atomic mass is 10.0. The summed E-state index contributed by atoms with van der Waals surface area (Å²) in [5.74, 6) is 0.572. The number of carbonyl (C=O) groups is 2. The molecule has 0 bridgehead atoms. The van der Waals surface area contributed by atoms with Gasteiger partial charge in [-0.3, -0.25) is 4.79 Å². The summed E-state index contributed by atoms with van der Waals surface area (Å²) in [6.07, 6.45) is 2.24. The monoisotopic (exact) mass is 356 g/mol. The van der Waals surface area contributed by atoms with Gasteiger partial charge in [0.25, 0.3) is 0 Å². The minimum Gasteiger partial charge on any atom is -0.488 e. The predicted octanol–water partition coefficient (Wildman–Crippen LogP) is 3.97. The third kappa shape index (κ3) is 5.34. The van der Waals surface area contributed by atoms with E-state index in [-0.39, 0.29) is 13.2 Å². The van der Waals surface area contributed by atoms with Crippen molar-refractivity contribution in [1.29, 1.82) is 0 Å². The van der Waals surface area contributed by atoms with E-state index in [1.54, 1.807) is 19.1 Å². The summed E-state index contributed by atoms with van der Waals surface area (Å²) in [5, 5.41) is 0. The first-order valence-electron chi connectivity index (χ1n) is 8.75. The predicted molar refractivity (Wildman–Crippen MR) is 98.7 cm³/mol. The molecule has 2 rings (SSSR count). The molecule has 0 radical (unpaired) electrons. The molecule has 0 atom stereocenters. The molecule has 2 aromatic carbocycles. The van der Waals surface area contributed by atoms with Crippen LogP contribution in [0.2, 0.25) is 0 Å². The average molecular weight is 356 g/mol. The van der Waals surface area contributed by atoms with Crippen molar-refractivity contribution in [3.05, 3.63) is 59.2 Å². The lowest BCUT2D eigenvalue weighted by Gasteiger charge is -2.17. The zero-order valence-electron chi connectivity index (χ0n) is 15.2. The standard InChI is InChI=1S/C21H24O5/c1-3-8-18-19(25-14-16-9-6-5-7-10-16)12-11-17(13-22)21(18)26-15-20(23)24-4-2/h5-7,9-13H,3-4,8,14-15H2,1-2H3. The van der Waals surface area contributed by atoms with E-state index in [0.29, 0.717) is 30.1 Å². The fourth-order valence-corrected chi connectivity index (χ4v) is 2.58. The summed E-state index contributed by atoms with van der Waals surface area (Å²) in [6, 6.07) is 13.2. The van der Waals surface area contributed by atoms with E-state index in [1.165, 1.54) is 0 Å². The number of benzene rings is 2. The Hall–Kier alpha value is -2.82. The van der Waals surface area contributed by atoms with Crippen LogP contribution >= 0.6 is 0 Å². The van der Waals surface area contributed by atoms with Gasteiger partial charge in [-0.1, -0.05) is 43.7 Å². The van der Waals surface area contributed by atoms with Crippen LogP contribution in [0.15, 0.2) is 42.5 Å². The third-order valence-corrected chi connectivity index (χ3v) is 3.75. The first-order chi connectivity index (χ1) is 12.7. The maximum Gasteiger partial charge on any atom is 0.344 e. The smallest absolute Gasteiger partial charge is 0.344 e. The number of aldehydes is 1. The molecule has 0 aromatic heterocycles. The lowest BCUT2D eigenvalue weighted by Crippen LogP contribution is -2.16. The number of hydrogen-bond acceptors (Lipinski definition) is 5. The molecule has 0 unspecified atom stereocenters. The summed E-state index contributed by atoms with van der Waals surface area (Å²) in [7, 11) is 0. The van der Waals surface area contributed by atoms with Crippen LogP contribution < -0.4 is 9.47 Å². The molecule has 0 N–H and O–H groups in total. The molecule has 0 heterocycles. The maximum absolute atomic E-state index is 11.6. The van der Waals surface area contributed by atoms with Gasteiger partial charge < -0.3 is 14.2 Å². The van der Waals surface area contributed by atoms with Gasteiger partial charge in [-0.15, -0.1) is 0 Å². The number of carbonyl (C=O) groups excluding carboxylic acids is 2. The van der Waals surface area contributed by atoms with Crippen molar-refractivity contribution >= 4 is 12.3 Å². The Balaban J connectivity index is 2.25. The first-order valence-corrected chi connectivity index (χ1v) is 8.75. The van der Waals surface area contributed by atoms with Crippen molar-refractivity contribution in [2.75, 3.05) is 13.2 Å². The fourth-order valence-electron chi connectivity index (χ4n) is 2.58. The van der Waals surface area contributed by atoms with Gasteiger partial charge in [-0.2, -0.15) is 0 Å². The van der Waals surface area contributed by atoms with Gasteiger partial charge in [0.1, 0.15) is 18.1 Å². The second-order valence-electron chi connectivity index (χ2n) is 5.70. The highest BCUT2D eigenvalue weighted by molar-refractivity contribution is 5.81. The van der Waals surface area contributed by atoms with E-state index < -0.39 is 5.97 Å². The van der Waals surface area contributed by atoms with Gasteiger partial charge in [0.2, 0.25) is 0 Å². The molecule has 0 saturated heterocycles. The highest BCUT2D eigenvalue weighted by Gasteiger charge is 2.17. The molecule has 5 heteroatoms. The Labute approximate surface area is 153 Å². The van der Waals surface area contributed by atoms with Gasteiger partial charge in [0.05, 0.1) is 12.2 Å². The molecule has 0 aliphatic carbocycles. The Morgan fingerprint density at radius 2 is 1.81 bits per heavy atom. The van der Waals surface area contributed by atoms with Crippen molar-refractivity contribution in [2.24, 2.45) is 0 Å². The molecule has 2 aromatic rings. The van der Waals surface area contributed by atoms with Crippen LogP contribution in [-0.2, 0) is 22.6 Å². The Morgan fingerprint density at radius 1 is 1.04 bits per heavy atom. The normalized spacial score (nSPS) is 10.2. The summed E-state index contributed by atoms with van der Waals surface area (Å²) in [5.41, 5.74) is 2.23. The van der Waals surface area contributed by atoms with E-state index in [0.717, 1.165) is 23.8 Å². The van der Waals surface area contributed by atoms with Gasteiger partial charge in [0.15, 0.2) is 12.9 Å². The largest absolute Gasteiger partial charge is 0.488 e. The maximum atomic E-state index is 11.6. The molecule has 0 saturated carbocycles. The molecular formula is C21H24O5. The van der Waals surface area contributed by atoms with E-state index in [1.807, 2.05) is 37.3 Å². The SMILES string of the molecule is CCCc1c(OCc2ccccc2)ccc(C=O)c1OCC(=O)OCC. The average Bonchev–Trinajstić information content (AvgIpc) is 2.66. The second kappa shape index (κ2) is 10.2. The Morgan fingerprint density at radius 3 is 2.46 bits per heavy atom. The number of hydrogen-bond donors (Lipinski definition) is 0. The topological polar surface area (TPSA) is 61.8 Å². The Bertz CT molecular complexity index is 725. The third-order valence-electron chi connectivity index (χ3n) is 3.75. The van der Waals surface area contributed by atoms with Crippen LogP contribution in [-0.4, -0.2) is 25.5 Å². The number of rotatable bonds is 10. The molecule has 0 spiro atoms. The fraction of sp³-hybridized carbons (Fsp3) is 0.333. The van der Waals surface area contributed by atoms with Crippen molar-refractivity contribution in [2.45, 2.75) is 33.3 Å². The van der Waals surface area contributed by atoms with Crippen LogP contribution in [0.5, 0.6) is 11.5 Å². The Kier molecular flexibility index (Phi) is 7.68. The molecule has 0 aliphatic rings. The minimum atomic E-state index is -0.470. The van der Waals surface area contributed by atoms with Crippen LogP contribution in [0.3, 0.4) is 0 Å². The zero-order chi connectivity index (χ0) is 18.8. The molecule has 0 aliphatic heterocycles. The number of esters is 1. The van der Waals surface area contributed by atoms with Crippen LogP contribution in [0, 0.1) is 0 Å². The second-order valence-corrected chi connectivity index (χ2v) is 5.70. The molecule has 0 amide bonds. The first kappa shape index (κ1) is 19.5. The van der Waals surface area contributed by atoms with Gasteiger partial charge in [0, 0.05) is 5.56 Å². The van der Waals surface area contributed by atoms with E-state index in [4.69, 9.17) is 14.2 Å². The van der Waals surface area contributed by atoms with Crippen LogP contribution in [0.25, 0.3) is 0 Å². The van der Waals surface area contributed by atoms with Gasteiger partial charge in [-0.25, -0.2) is 4.79 Å². The van der Waals surface area contributed by atoms with E-state index >= 15 is 0 Å². The lowest BCUT2D eigenvalue weighted by molar-refractivity contribution is -0.145. The van der Waals surface area contributed by atoms with Crippen LogP contribution in [0.4, 0.5) is 0 Å². The van der Waals surface area contributed by atoms with Crippen molar-refractivity contribution < 1.29 is 23.8 Å². The quantitative estimate of drug-likeness (QED) is 0.476. The molecule has 26 heavy (non-hydrogen) atoms. The van der Waals surface area contributed by atoms with E-state index in [9.17, 15) is 9.59 Å². The molecule has 138 valence electrons. The summed E-state index contributed by atoms with van der Waals surface area (Å²) >= 11 is 0. The van der Waals surface area contributed by atoms with Crippen molar-refractivity contribution in [3.8, 4) is 11.5 Å². The summed E-state index contributed by atoms with van der Waals surface area (Å²) in [4.78, 5) is 23.0. The van der Waals surface area contributed by atoms with Crippen molar-refractivity contribution in [1.82, 2.24) is 0 Å². The minimum absolute atomic E-state index is 0.243. The molecule has 0 fully saturated rings. The van der Waals surface area contributed by atoms with E-state index in [2.05, 4.69) is 0 Å². The zero-order valence-corrected chi connectivity index (χ0v) is 15.2. The van der Waals surface area contributed by atoms with Gasteiger partial charge >= 0.3 is 5.97 Å². The highest BCUT2D eigenvalue weighted by Crippen LogP contribution is 2.33. The summed E-state index contributed by atoms with van der Waals surface area (Å²) < 4.78 is 16.5. The molecule has 5 nitrogen and oxygen atoms in total. The highest BCUT2D eigenvalue weighted by atomic mass is 16.6. The van der Waals surface area contributed by atoms with Gasteiger partial charge in [-0.05, 0) is 31.0 Å².